The van der Waals surface area contributed by atoms with Crippen LogP contribution in [0.3, 0.4) is 0 Å². The second-order valence-electron chi connectivity index (χ2n) is 3.84. The molecule has 2 aromatic rings. The molecule has 0 saturated heterocycles. The SMILES string of the molecule is Nc1ccc(OCCOc2ccc(F)cc2F)cc1. The minimum atomic E-state index is -0.729. The third-order valence-corrected chi connectivity index (χ3v) is 2.38. The number of anilines is 1. The maximum Gasteiger partial charge on any atom is 0.167 e. The summed E-state index contributed by atoms with van der Waals surface area (Å²) < 4.78 is 36.4. The van der Waals surface area contributed by atoms with Crippen molar-refractivity contribution in [2.24, 2.45) is 0 Å². The van der Waals surface area contributed by atoms with Crippen LogP contribution < -0.4 is 15.2 Å². The average molecular weight is 265 g/mol. The Morgan fingerprint density at radius 1 is 0.895 bits per heavy atom. The molecule has 0 aliphatic heterocycles. The second-order valence-corrected chi connectivity index (χ2v) is 3.84. The van der Waals surface area contributed by atoms with Crippen LogP contribution in [0.25, 0.3) is 0 Å². The normalized spacial score (nSPS) is 10.2. The zero-order chi connectivity index (χ0) is 13.7. The van der Waals surface area contributed by atoms with Gasteiger partial charge in [-0.25, -0.2) is 8.78 Å². The summed E-state index contributed by atoms with van der Waals surface area (Å²) in [6, 6.07) is 10.1. The van der Waals surface area contributed by atoms with E-state index in [0.717, 1.165) is 12.1 Å². The molecule has 5 heteroatoms. The van der Waals surface area contributed by atoms with Gasteiger partial charge in [0.2, 0.25) is 0 Å². The van der Waals surface area contributed by atoms with Crippen LogP contribution in [0.4, 0.5) is 14.5 Å². The van der Waals surface area contributed by atoms with Crippen molar-refractivity contribution in [1.82, 2.24) is 0 Å². The van der Waals surface area contributed by atoms with Gasteiger partial charge in [0.25, 0.3) is 0 Å². The summed E-state index contributed by atoms with van der Waals surface area (Å²) >= 11 is 0. The van der Waals surface area contributed by atoms with Crippen LogP contribution in [0, 0.1) is 11.6 Å². The Bertz CT molecular complexity index is 544. The summed E-state index contributed by atoms with van der Waals surface area (Å²) in [4.78, 5) is 0. The largest absolute Gasteiger partial charge is 0.490 e. The molecule has 0 aliphatic carbocycles. The van der Waals surface area contributed by atoms with Gasteiger partial charge in [-0.1, -0.05) is 0 Å². The number of hydrogen-bond acceptors (Lipinski definition) is 3. The smallest absolute Gasteiger partial charge is 0.167 e. The zero-order valence-corrected chi connectivity index (χ0v) is 10.1. The molecule has 3 nitrogen and oxygen atoms in total. The second kappa shape index (κ2) is 6.04. The highest BCUT2D eigenvalue weighted by atomic mass is 19.1. The van der Waals surface area contributed by atoms with E-state index < -0.39 is 11.6 Å². The molecule has 0 radical (unpaired) electrons. The van der Waals surface area contributed by atoms with Crippen LogP contribution in [0.2, 0.25) is 0 Å². The molecular formula is C14H13F2NO2. The molecule has 100 valence electrons. The van der Waals surface area contributed by atoms with Crippen molar-refractivity contribution in [3.05, 3.63) is 54.1 Å². The monoisotopic (exact) mass is 265 g/mol. The Labute approximate surface area is 109 Å². The highest BCUT2D eigenvalue weighted by Gasteiger charge is 2.04. The first kappa shape index (κ1) is 13.1. The molecule has 0 spiro atoms. The Balaban J connectivity index is 1.79. The fourth-order valence-corrected chi connectivity index (χ4v) is 1.47. The van der Waals surface area contributed by atoms with Crippen molar-refractivity contribution < 1.29 is 18.3 Å². The first-order valence-corrected chi connectivity index (χ1v) is 5.71. The molecule has 19 heavy (non-hydrogen) atoms. The lowest BCUT2D eigenvalue weighted by Gasteiger charge is -2.09. The van der Waals surface area contributed by atoms with Crippen LogP contribution in [0.5, 0.6) is 11.5 Å². The summed E-state index contributed by atoms with van der Waals surface area (Å²) in [5.74, 6) is -0.713. The third kappa shape index (κ3) is 3.84. The van der Waals surface area contributed by atoms with E-state index in [1.807, 2.05) is 0 Å². The molecule has 0 aromatic heterocycles. The molecule has 0 bridgehead atoms. The van der Waals surface area contributed by atoms with Gasteiger partial charge in [-0.05, 0) is 36.4 Å². The molecule has 0 amide bonds. The number of benzene rings is 2. The summed E-state index contributed by atoms with van der Waals surface area (Å²) in [6.45, 7) is 0.410. The maximum atomic E-state index is 13.2. The van der Waals surface area contributed by atoms with Gasteiger partial charge in [0.1, 0.15) is 24.8 Å². The van der Waals surface area contributed by atoms with Crippen LogP contribution in [-0.2, 0) is 0 Å². The number of rotatable bonds is 5. The van der Waals surface area contributed by atoms with E-state index in [-0.39, 0.29) is 19.0 Å². The van der Waals surface area contributed by atoms with E-state index >= 15 is 0 Å². The number of hydrogen-bond donors (Lipinski definition) is 1. The Hall–Kier alpha value is -2.30. The highest BCUT2D eigenvalue weighted by Crippen LogP contribution is 2.17. The Kier molecular flexibility index (Phi) is 4.18. The van der Waals surface area contributed by atoms with Gasteiger partial charge < -0.3 is 15.2 Å². The van der Waals surface area contributed by atoms with Crippen molar-refractivity contribution >= 4 is 5.69 Å². The lowest BCUT2D eigenvalue weighted by Crippen LogP contribution is -2.09. The lowest BCUT2D eigenvalue weighted by molar-refractivity contribution is 0.211. The van der Waals surface area contributed by atoms with Gasteiger partial charge in [0.15, 0.2) is 11.6 Å². The topological polar surface area (TPSA) is 44.5 Å². The minimum absolute atomic E-state index is 0.00214. The van der Waals surface area contributed by atoms with E-state index in [1.165, 1.54) is 6.07 Å². The van der Waals surface area contributed by atoms with Crippen molar-refractivity contribution in [2.45, 2.75) is 0 Å². The summed E-state index contributed by atoms with van der Waals surface area (Å²) in [6.07, 6.45) is 0. The fourth-order valence-electron chi connectivity index (χ4n) is 1.47. The van der Waals surface area contributed by atoms with Crippen molar-refractivity contribution in [3.8, 4) is 11.5 Å². The molecule has 0 unspecified atom stereocenters. The van der Waals surface area contributed by atoms with E-state index in [2.05, 4.69) is 0 Å². The maximum absolute atomic E-state index is 13.2. The molecule has 0 fully saturated rings. The Morgan fingerprint density at radius 2 is 1.58 bits per heavy atom. The van der Waals surface area contributed by atoms with Gasteiger partial charge in [-0.2, -0.15) is 0 Å². The van der Waals surface area contributed by atoms with E-state index in [1.54, 1.807) is 24.3 Å². The number of halogens is 2. The van der Waals surface area contributed by atoms with Crippen LogP contribution in [-0.4, -0.2) is 13.2 Å². The average Bonchev–Trinajstić information content (AvgIpc) is 2.39. The predicted molar refractivity (Wildman–Crippen MR) is 68.2 cm³/mol. The number of nitrogen functional groups attached to an aromatic ring is 1. The first-order chi connectivity index (χ1) is 9.15. The van der Waals surface area contributed by atoms with Gasteiger partial charge in [0, 0.05) is 11.8 Å². The molecule has 0 aliphatic rings. The lowest BCUT2D eigenvalue weighted by atomic mass is 10.3. The quantitative estimate of drug-likeness (QED) is 0.667. The van der Waals surface area contributed by atoms with E-state index in [9.17, 15) is 8.78 Å². The summed E-state index contributed by atoms with van der Waals surface area (Å²) in [7, 11) is 0. The summed E-state index contributed by atoms with van der Waals surface area (Å²) in [5, 5.41) is 0. The number of nitrogens with two attached hydrogens (primary N) is 1. The minimum Gasteiger partial charge on any atom is -0.490 e. The Morgan fingerprint density at radius 3 is 2.26 bits per heavy atom. The molecule has 0 saturated carbocycles. The molecule has 2 aromatic carbocycles. The van der Waals surface area contributed by atoms with Crippen LogP contribution >= 0.6 is 0 Å². The van der Waals surface area contributed by atoms with E-state index in [0.29, 0.717) is 11.4 Å². The van der Waals surface area contributed by atoms with Crippen molar-refractivity contribution in [1.29, 1.82) is 0 Å². The van der Waals surface area contributed by atoms with Crippen LogP contribution in [0.1, 0.15) is 0 Å². The van der Waals surface area contributed by atoms with Gasteiger partial charge in [-0.3, -0.25) is 0 Å². The summed E-state index contributed by atoms with van der Waals surface area (Å²) in [5.41, 5.74) is 6.18. The standard InChI is InChI=1S/C14H13F2NO2/c15-10-1-6-14(13(16)9-10)19-8-7-18-12-4-2-11(17)3-5-12/h1-6,9H,7-8,17H2. The van der Waals surface area contributed by atoms with Crippen molar-refractivity contribution in [2.75, 3.05) is 18.9 Å². The van der Waals surface area contributed by atoms with Crippen LogP contribution in [0.15, 0.2) is 42.5 Å². The number of ether oxygens (including phenoxy) is 2. The molecular weight excluding hydrogens is 252 g/mol. The van der Waals surface area contributed by atoms with Gasteiger partial charge >= 0.3 is 0 Å². The highest BCUT2D eigenvalue weighted by molar-refractivity contribution is 5.41. The zero-order valence-electron chi connectivity index (χ0n) is 10.1. The third-order valence-electron chi connectivity index (χ3n) is 2.38. The molecule has 2 N–H and O–H groups in total. The van der Waals surface area contributed by atoms with Gasteiger partial charge in [-0.15, -0.1) is 0 Å². The molecule has 0 atom stereocenters. The van der Waals surface area contributed by atoms with Gasteiger partial charge in [0.05, 0.1) is 0 Å². The fraction of sp³-hybridized carbons (Fsp3) is 0.143. The first-order valence-electron chi connectivity index (χ1n) is 5.71. The predicted octanol–water partition coefficient (Wildman–Crippen LogP) is 3.00. The molecule has 2 rings (SSSR count). The van der Waals surface area contributed by atoms with Crippen molar-refractivity contribution in [3.63, 3.8) is 0 Å². The van der Waals surface area contributed by atoms with E-state index in [4.69, 9.17) is 15.2 Å². The molecule has 0 heterocycles.